The van der Waals surface area contributed by atoms with Crippen LogP contribution in [0.1, 0.15) is 38.5 Å². The zero-order valence-corrected chi connectivity index (χ0v) is 24.2. The van der Waals surface area contributed by atoms with Crippen LogP contribution >= 0.6 is 11.8 Å². The lowest BCUT2D eigenvalue weighted by Gasteiger charge is -2.38. The number of hydrogen-bond donors (Lipinski definition) is 1. The van der Waals surface area contributed by atoms with E-state index in [1.165, 1.54) is 59.8 Å². The van der Waals surface area contributed by atoms with Crippen LogP contribution in [0.15, 0.2) is 46.2 Å². The summed E-state index contributed by atoms with van der Waals surface area (Å²) in [6.45, 7) is -0.616. The number of aliphatic carboxylic acids is 1. The first-order valence-corrected chi connectivity index (χ1v) is 16.3. The van der Waals surface area contributed by atoms with Gasteiger partial charge in [-0.05, 0) is 67.9 Å². The van der Waals surface area contributed by atoms with Gasteiger partial charge in [0.15, 0.2) is 0 Å². The number of alkyl halides is 3. The molecule has 1 saturated heterocycles. The Hall–Kier alpha value is -2.51. The van der Waals surface area contributed by atoms with Crippen LogP contribution in [0.4, 0.5) is 28.9 Å². The minimum Gasteiger partial charge on any atom is -0.491 e. The summed E-state index contributed by atoms with van der Waals surface area (Å²) in [5, 5.41) is 9.98. The van der Waals surface area contributed by atoms with Crippen LogP contribution in [0.25, 0.3) is 0 Å². The second-order valence-electron chi connectivity index (χ2n) is 12.0. The first kappa shape index (κ1) is 29.6. The van der Waals surface area contributed by atoms with Gasteiger partial charge in [0.25, 0.3) is 0 Å². The van der Waals surface area contributed by atoms with Crippen molar-refractivity contribution in [2.45, 2.75) is 65.5 Å². The fourth-order valence-corrected chi connectivity index (χ4v) is 9.33. The fourth-order valence-electron chi connectivity index (χ4n) is 5.98. The summed E-state index contributed by atoms with van der Waals surface area (Å²) >= 11 is 1.50. The smallest absolute Gasteiger partial charge is 0.317 e. The van der Waals surface area contributed by atoms with Gasteiger partial charge >= 0.3 is 5.97 Å². The molecule has 4 aliphatic rings. The second-order valence-corrected chi connectivity index (χ2v) is 15.3. The zero-order valence-electron chi connectivity index (χ0n) is 22.6. The van der Waals surface area contributed by atoms with Gasteiger partial charge in [-0.2, -0.15) is 0 Å². The van der Waals surface area contributed by atoms with E-state index in [1.807, 2.05) is 0 Å². The van der Waals surface area contributed by atoms with Crippen LogP contribution < -0.4 is 9.64 Å². The molecule has 2 heterocycles. The Balaban J connectivity index is 1.43. The molecule has 0 amide bonds. The van der Waals surface area contributed by atoms with Gasteiger partial charge in [-0.25, -0.2) is 26.0 Å². The third kappa shape index (κ3) is 5.47. The number of anilines is 2. The number of sulfone groups is 1. The lowest BCUT2D eigenvalue weighted by Crippen LogP contribution is -2.53. The minimum atomic E-state index is -4.69. The van der Waals surface area contributed by atoms with E-state index in [1.54, 1.807) is 6.07 Å². The molecule has 228 valence electrons. The first-order chi connectivity index (χ1) is 19.9. The van der Waals surface area contributed by atoms with Crippen LogP contribution in [0, 0.1) is 22.6 Å². The van der Waals surface area contributed by atoms with Crippen molar-refractivity contribution in [2.75, 3.05) is 31.3 Å². The molecule has 6 rings (SSSR count). The first-order valence-electron chi connectivity index (χ1n) is 13.9. The number of benzene rings is 2. The Kier molecular flexibility index (Phi) is 7.66. The molecule has 42 heavy (non-hydrogen) atoms. The molecule has 13 heteroatoms. The summed E-state index contributed by atoms with van der Waals surface area (Å²) in [5.74, 6) is -2.80. The number of carboxylic acid groups (broad SMARTS) is 1. The van der Waals surface area contributed by atoms with E-state index in [0.29, 0.717) is 16.0 Å². The van der Waals surface area contributed by atoms with Crippen LogP contribution in [0.3, 0.4) is 0 Å². The van der Waals surface area contributed by atoms with Gasteiger partial charge in [-0.3, -0.25) is 4.79 Å². The summed E-state index contributed by atoms with van der Waals surface area (Å²) in [4.78, 5) is 13.6. The Labute approximate surface area is 245 Å². The molecule has 0 aromatic heterocycles. The van der Waals surface area contributed by atoms with Crippen molar-refractivity contribution >= 4 is 38.9 Å². The molecule has 0 bridgehead atoms. The predicted octanol–water partition coefficient (Wildman–Crippen LogP) is 6.22. The number of carbonyl (C=O) groups is 1. The Bertz CT molecular complexity index is 1460. The van der Waals surface area contributed by atoms with E-state index in [0.717, 1.165) is 12.8 Å². The summed E-state index contributed by atoms with van der Waals surface area (Å²) in [6, 6.07) is 8.08. The van der Waals surface area contributed by atoms with Crippen molar-refractivity contribution in [1.82, 2.24) is 0 Å². The lowest BCUT2D eigenvalue weighted by molar-refractivity contribution is -0.185. The number of rotatable bonds is 10. The number of thioether (sulfide) groups is 1. The standard InChI is InChI=1S/C29H31F4NO6S2/c30-18-2-4-19(5-3-18)34-13-17(1-6-25(31)32)26(33)42(37,38)24-10-22(40-16-29(27(35)36)14-39-15-29)23(9-21(24)34)41-20-11-28(12-20)7-8-28/h2-5,9-10,17,20,25-26H,1,6-8,11-16H2,(H,35,36)/t17-,26+/m1/s1. The summed E-state index contributed by atoms with van der Waals surface area (Å²) in [6.07, 6.45) is 0.543. The molecule has 2 aliphatic heterocycles. The van der Waals surface area contributed by atoms with Crippen LogP contribution in [-0.2, 0) is 19.4 Å². The monoisotopic (exact) mass is 629 g/mol. The van der Waals surface area contributed by atoms with Gasteiger partial charge in [-0.1, -0.05) is 0 Å². The molecule has 2 aromatic carbocycles. The van der Waals surface area contributed by atoms with Gasteiger partial charge in [0.05, 0.1) is 28.7 Å². The van der Waals surface area contributed by atoms with Gasteiger partial charge in [-0.15, -0.1) is 11.8 Å². The highest BCUT2D eigenvalue weighted by molar-refractivity contribution is 8.00. The predicted molar refractivity (Wildman–Crippen MR) is 148 cm³/mol. The largest absolute Gasteiger partial charge is 0.491 e. The maximum absolute atomic E-state index is 15.9. The highest BCUT2D eigenvalue weighted by Crippen LogP contribution is 2.65. The van der Waals surface area contributed by atoms with Crippen molar-refractivity contribution in [2.24, 2.45) is 16.7 Å². The van der Waals surface area contributed by atoms with Gasteiger partial charge < -0.3 is 19.5 Å². The number of halogens is 4. The van der Waals surface area contributed by atoms with Gasteiger partial charge in [0.1, 0.15) is 23.6 Å². The van der Waals surface area contributed by atoms with Crippen LogP contribution in [0.2, 0.25) is 0 Å². The Morgan fingerprint density at radius 2 is 1.86 bits per heavy atom. The Morgan fingerprint density at radius 1 is 1.17 bits per heavy atom. The third-order valence-electron chi connectivity index (χ3n) is 8.89. The van der Waals surface area contributed by atoms with Gasteiger partial charge in [0, 0.05) is 35.9 Å². The maximum atomic E-state index is 15.9. The number of hydrogen-bond acceptors (Lipinski definition) is 7. The quantitative estimate of drug-likeness (QED) is 0.310. The number of ether oxygens (including phenoxy) is 2. The van der Waals surface area contributed by atoms with Crippen LogP contribution in [-0.4, -0.2) is 63.0 Å². The topological polar surface area (TPSA) is 93.1 Å². The molecule has 2 saturated carbocycles. The van der Waals surface area contributed by atoms with Crippen LogP contribution in [0.5, 0.6) is 5.75 Å². The molecule has 2 aliphatic carbocycles. The SMILES string of the molecule is O=C(O)C1(COc2cc3c(cc2SC2CC4(CC4)C2)N(c2ccc(F)cc2)C[C@@H](CCC(F)F)[C@@H](F)S3(=O)=O)COC1. The number of carboxylic acids is 1. The molecule has 1 N–H and O–H groups in total. The maximum Gasteiger partial charge on any atom is 0.317 e. The highest BCUT2D eigenvalue weighted by atomic mass is 32.2. The van der Waals surface area contributed by atoms with E-state index in [4.69, 9.17) is 9.47 Å². The van der Waals surface area contributed by atoms with Crippen molar-refractivity contribution in [3.05, 3.63) is 42.2 Å². The molecule has 3 fully saturated rings. The molecule has 2 aromatic rings. The molecule has 1 spiro atoms. The number of fused-ring (bicyclic) bond motifs is 1. The fraction of sp³-hybridized carbons (Fsp3) is 0.552. The van der Waals surface area contributed by atoms with Gasteiger partial charge in [0.2, 0.25) is 21.8 Å². The summed E-state index contributed by atoms with van der Waals surface area (Å²) in [7, 11) is -4.69. The van der Waals surface area contributed by atoms with E-state index >= 15 is 4.39 Å². The molecule has 7 nitrogen and oxygen atoms in total. The Morgan fingerprint density at radius 3 is 2.43 bits per heavy atom. The summed E-state index contributed by atoms with van der Waals surface area (Å²) in [5.41, 5.74) is -2.86. The van der Waals surface area contributed by atoms with Crippen molar-refractivity contribution in [3.63, 3.8) is 0 Å². The summed E-state index contributed by atoms with van der Waals surface area (Å²) < 4.78 is 94.5. The number of nitrogens with zero attached hydrogens (tertiary/aromatic N) is 1. The highest BCUT2D eigenvalue weighted by Gasteiger charge is 2.53. The lowest BCUT2D eigenvalue weighted by atomic mass is 9.81. The molecule has 2 atom stereocenters. The minimum absolute atomic E-state index is 0.0596. The van der Waals surface area contributed by atoms with Crippen molar-refractivity contribution in [3.8, 4) is 5.75 Å². The van der Waals surface area contributed by atoms with Crippen molar-refractivity contribution in [1.29, 1.82) is 0 Å². The normalized spacial score (nSPS) is 25.3. The van der Waals surface area contributed by atoms with E-state index in [-0.39, 0.29) is 54.4 Å². The molecule has 0 radical (unpaired) electrons. The van der Waals surface area contributed by atoms with E-state index in [9.17, 15) is 31.5 Å². The molecular formula is C29H31F4NO6S2. The van der Waals surface area contributed by atoms with E-state index in [2.05, 4.69) is 0 Å². The van der Waals surface area contributed by atoms with Crippen molar-refractivity contribution < 1.29 is 45.4 Å². The third-order valence-corrected chi connectivity index (χ3v) is 12.0. The second kappa shape index (κ2) is 10.9. The molecule has 0 unspecified atom stereocenters. The zero-order chi connectivity index (χ0) is 29.9. The average molecular weight is 630 g/mol. The average Bonchev–Trinajstić information content (AvgIpc) is 3.70. The van der Waals surface area contributed by atoms with E-state index < -0.39 is 51.3 Å². The molecular weight excluding hydrogens is 598 g/mol.